The number of nitrogen functional groups attached to an aromatic ring is 1. The standard InChI is InChI=1S/C11H14N2O/c1-8-5-6-10(12)7-9(8)3-2-4-11(13)14/h2-3,5-7H,4,12H2,1H3,(H2,13,14). The average molecular weight is 190 g/mol. The van der Waals surface area contributed by atoms with Gasteiger partial charge >= 0.3 is 0 Å². The number of hydrogen-bond donors (Lipinski definition) is 2. The molecule has 0 aliphatic heterocycles. The van der Waals surface area contributed by atoms with Crippen molar-refractivity contribution in [3.63, 3.8) is 0 Å². The van der Waals surface area contributed by atoms with Crippen molar-refractivity contribution in [1.82, 2.24) is 0 Å². The van der Waals surface area contributed by atoms with E-state index in [1.807, 2.05) is 31.2 Å². The van der Waals surface area contributed by atoms with Crippen LogP contribution in [-0.2, 0) is 4.79 Å². The molecule has 0 spiro atoms. The molecule has 0 unspecified atom stereocenters. The van der Waals surface area contributed by atoms with Gasteiger partial charge in [-0.3, -0.25) is 4.79 Å². The van der Waals surface area contributed by atoms with Crippen LogP contribution in [0.3, 0.4) is 0 Å². The molecular formula is C11H14N2O. The molecule has 1 rings (SSSR count). The van der Waals surface area contributed by atoms with Crippen molar-refractivity contribution in [3.05, 3.63) is 35.4 Å². The fourth-order valence-electron chi connectivity index (χ4n) is 1.14. The van der Waals surface area contributed by atoms with E-state index in [2.05, 4.69) is 0 Å². The highest BCUT2D eigenvalue weighted by Gasteiger charge is 1.94. The minimum atomic E-state index is -0.331. The molecule has 1 aromatic rings. The number of nitrogens with two attached hydrogens (primary N) is 2. The van der Waals surface area contributed by atoms with Crippen LogP contribution in [0.2, 0.25) is 0 Å². The topological polar surface area (TPSA) is 69.1 Å². The summed E-state index contributed by atoms with van der Waals surface area (Å²) in [5.41, 5.74) is 13.5. The molecule has 0 atom stereocenters. The first-order valence-corrected chi connectivity index (χ1v) is 4.40. The fourth-order valence-corrected chi connectivity index (χ4v) is 1.14. The van der Waals surface area contributed by atoms with E-state index in [9.17, 15) is 4.79 Å². The SMILES string of the molecule is Cc1ccc(N)cc1C=CCC(N)=O. The van der Waals surface area contributed by atoms with Crippen molar-refractivity contribution < 1.29 is 4.79 Å². The number of carbonyl (C=O) groups excluding carboxylic acids is 1. The van der Waals surface area contributed by atoms with Gasteiger partial charge in [-0.25, -0.2) is 0 Å². The maximum atomic E-state index is 10.5. The third-order valence-corrected chi connectivity index (χ3v) is 1.92. The lowest BCUT2D eigenvalue weighted by atomic mass is 10.1. The maximum absolute atomic E-state index is 10.5. The number of primary amides is 1. The molecule has 1 aromatic carbocycles. The van der Waals surface area contributed by atoms with E-state index in [4.69, 9.17) is 11.5 Å². The van der Waals surface area contributed by atoms with Crippen LogP contribution >= 0.6 is 0 Å². The van der Waals surface area contributed by atoms with E-state index in [1.54, 1.807) is 6.08 Å². The molecule has 0 radical (unpaired) electrons. The molecule has 14 heavy (non-hydrogen) atoms. The van der Waals surface area contributed by atoms with E-state index in [1.165, 1.54) is 0 Å². The highest BCUT2D eigenvalue weighted by molar-refractivity contribution is 5.76. The predicted molar refractivity (Wildman–Crippen MR) is 58.4 cm³/mol. The van der Waals surface area contributed by atoms with E-state index >= 15 is 0 Å². The zero-order chi connectivity index (χ0) is 10.6. The summed E-state index contributed by atoms with van der Waals surface area (Å²) in [6, 6.07) is 5.66. The van der Waals surface area contributed by atoms with Gasteiger partial charge in [-0.2, -0.15) is 0 Å². The van der Waals surface area contributed by atoms with Gasteiger partial charge in [-0.15, -0.1) is 0 Å². The Balaban J connectivity index is 2.80. The summed E-state index contributed by atoms with van der Waals surface area (Å²) in [6.45, 7) is 1.99. The molecular weight excluding hydrogens is 176 g/mol. The Morgan fingerprint density at radius 2 is 2.21 bits per heavy atom. The van der Waals surface area contributed by atoms with Crippen LogP contribution in [0.5, 0.6) is 0 Å². The first-order valence-electron chi connectivity index (χ1n) is 4.40. The molecule has 0 saturated carbocycles. The van der Waals surface area contributed by atoms with Gasteiger partial charge in [-0.1, -0.05) is 18.2 Å². The summed E-state index contributed by atoms with van der Waals surface area (Å²) in [7, 11) is 0. The van der Waals surface area contributed by atoms with Crippen molar-refractivity contribution in [2.24, 2.45) is 5.73 Å². The summed E-state index contributed by atoms with van der Waals surface area (Å²) in [5.74, 6) is -0.331. The van der Waals surface area contributed by atoms with E-state index in [0.717, 1.165) is 11.1 Å². The molecule has 4 N–H and O–H groups in total. The quantitative estimate of drug-likeness (QED) is 0.708. The molecule has 0 aliphatic rings. The zero-order valence-electron chi connectivity index (χ0n) is 8.16. The van der Waals surface area contributed by atoms with Crippen molar-refractivity contribution in [3.8, 4) is 0 Å². The summed E-state index contributed by atoms with van der Waals surface area (Å²) in [6.07, 6.45) is 3.86. The fraction of sp³-hybridized carbons (Fsp3) is 0.182. The third-order valence-electron chi connectivity index (χ3n) is 1.92. The summed E-state index contributed by atoms with van der Waals surface area (Å²) < 4.78 is 0. The van der Waals surface area contributed by atoms with E-state index < -0.39 is 0 Å². The second-order valence-electron chi connectivity index (χ2n) is 3.19. The van der Waals surface area contributed by atoms with E-state index in [-0.39, 0.29) is 12.3 Å². The lowest BCUT2D eigenvalue weighted by Crippen LogP contribution is -2.07. The van der Waals surface area contributed by atoms with E-state index in [0.29, 0.717) is 5.69 Å². The van der Waals surface area contributed by atoms with Crippen molar-refractivity contribution >= 4 is 17.7 Å². The zero-order valence-corrected chi connectivity index (χ0v) is 8.16. The molecule has 74 valence electrons. The second-order valence-corrected chi connectivity index (χ2v) is 3.19. The smallest absolute Gasteiger partial charge is 0.221 e. The number of benzene rings is 1. The number of anilines is 1. The second kappa shape index (κ2) is 4.46. The van der Waals surface area contributed by atoms with Gasteiger partial charge in [0.15, 0.2) is 0 Å². The number of aryl methyl sites for hydroxylation is 1. The van der Waals surface area contributed by atoms with Gasteiger partial charge in [0.05, 0.1) is 0 Å². The first kappa shape index (κ1) is 10.3. The maximum Gasteiger partial charge on any atom is 0.221 e. The summed E-state index contributed by atoms with van der Waals surface area (Å²) in [4.78, 5) is 10.5. The Hall–Kier alpha value is -1.77. The lowest BCUT2D eigenvalue weighted by molar-refractivity contribution is -0.117. The van der Waals surface area contributed by atoms with Crippen LogP contribution in [-0.4, -0.2) is 5.91 Å². The third kappa shape index (κ3) is 2.94. The molecule has 1 amide bonds. The van der Waals surface area contributed by atoms with Gasteiger partial charge in [0.1, 0.15) is 0 Å². The number of hydrogen-bond acceptors (Lipinski definition) is 2. The van der Waals surface area contributed by atoms with Crippen LogP contribution in [0.15, 0.2) is 24.3 Å². The Bertz CT molecular complexity index is 370. The van der Waals surface area contributed by atoms with Crippen LogP contribution in [0, 0.1) is 6.92 Å². The van der Waals surface area contributed by atoms with Crippen molar-refractivity contribution in [2.45, 2.75) is 13.3 Å². The molecule has 0 fully saturated rings. The van der Waals surface area contributed by atoms with Gasteiger partial charge in [0.25, 0.3) is 0 Å². The first-order chi connectivity index (χ1) is 6.59. The Morgan fingerprint density at radius 3 is 2.86 bits per heavy atom. The number of amides is 1. The highest BCUT2D eigenvalue weighted by atomic mass is 16.1. The van der Waals surface area contributed by atoms with Gasteiger partial charge in [0, 0.05) is 12.1 Å². The number of rotatable bonds is 3. The van der Waals surface area contributed by atoms with Crippen LogP contribution in [0.1, 0.15) is 17.5 Å². The van der Waals surface area contributed by atoms with Crippen molar-refractivity contribution in [1.29, 1.82) is 0 Å². The average Bonchev–Trinajstić information content (AvgIpc) is 2.10. The lowest BCUT2D eigenvalue weighted by Gasteiger charge is -2.01. The molecule has 3 heteroatoms. The van der Waals surface area contributed by atoms with Crippen LogP contribution < -0.4 is 11.5 Å². The predicted octanol–water partition coefficient (Wildman–Crippen LogP) is 1.47. The van der Waals surface area contributed by atoms with Gasteiger partial charge < -0.3 is 11.5 Å². The Kier molecular flexibility index (Phi) is 3.29. The normalized spacial score (nSPS) is 10.6. The minimum absolute atomic E-state index is 0.258. The minimum Gasteiger partial charge on any atom is -0.399 e. The Labute approximate surface area is 83.4 Å². The molecule has 0 aliphatic carbocycles. The monoisotopic (exact) mass is 190 g/mol. The van der Waals surface area contributed by atoms with Crippen LogP contribution in [0.25, 0.3) is 6.08 Å². The van der Waals surface area contributed by atoms with Gasteiger partial charge in [-0.05, 0) is 30.2 Å². The summed E-state index contributed by atoms with van der Waals surface area (Å²) in [5, 5.41) is 0. The molecule has 0 bridgehead atoms. The Morgan fingerprint density at radius 1 is 1.50 bits per heavy atom. The molecule has 0 heterocycles. The van der Waals surface area contributed by atoms with Gasteiger partial charge in [0.2, 0.25) is 5.91 Å². The highest BCUT2D eigenvalue weighted by Crippen LogP contribution is 2.14. The largest absolute Gasteiger partial charge is 0.399 e. The molecule has 0 saturated heterocycles. The molecule has 0 aromatic heterocycles. The molecule has 3 nitrogen and oxygen atoms in total. The number of carbonyl (C=O) groups is 1. The van der Waals surface area contributed by atoms with Crippen LogP contribution in [0.4, 0.5) is 5.69 Å². The summed E-state index contributed by atoms with van der Waals surface area (Å²) >= 11 is 0. The van der Waals surface area contributed by atoms with Crippen molar-refractivity contribution in [2.75, 3.05) is 5.73 Å².